The van der Waals surface area contributed by atoms with Crippen molar-refractivity contribution in [2.24, 2.45) is 0 Å². The molecule has 6 heteroatoms. The Kier molecular flexibility index (Phi) is 4.68. The first-order valence-corrected chi connectivity index (χ1v) is 7.34. The molecular weight excluding hydrogens is 299 g/mol. The highest BCUT2D eigenvalue weighted by Crippen LogP contribution is 2.29. The zero-order valence-electron chi connectivity index (χ0n) is 11.7. The summed E-state index contributed by atoms with van der Waals surface area (Å²) in [5.41, 5.74) is 0.962. The van der Waals surface area contributed by atoms with Crippen molar-refractivity contribution in [2.45, 2.75) is 39.0 Å². The Morgan fingerprint density at radius 2 is 1.76 bits per heavy atom. The molecule has 2 rings (SSSR count). The molecule has 114 valence electrons. The lowest BCUT2D eigenvalue weighted by atomic mass is 10.0. The topological polar surface area (TPSA) is 33.1 Å². The molecule has 2 nitrogen and oxygen atoms in total. The van der Waals surface area contributed by atoms with E-state index in [0.717, 1.165) is 27.7 Å². The van der Waals surface area contributed by atoms with E-state index in [0.29, 0.717) is 18.4 Å². The van der Waals surface area contributed by atoms with Crippen molar-refractivity contribution in [1.82, 2.24) is 4.98 Å². The number of benzene rings is 1. The van der Waals surface area contributed by atoms with Crippen LogP contribution in [0.4, 0.5) is 13.2 Å². The van der Waals surface area contributed by atoms with E-state index < -0.39 is 17.8 Å². The highest BCUT2D eigenvalue weighted by atomic mass is 32.1. The average Bonchev–Trinajstić information content (AvgIpc) is 2.67. The van der Waals surface area contributed by atoms with Crippen LogP contribution in [0, 0.1) is 13.8 Å². The Balaban J connectivity index is 1.98. The molecule has 1 aromatic heterocycles. The third-order valence-corrected chi connectivity index (χ3v) is 4.33. The van der Waals surface area contributed by atoms with Gasteiger partial charge in [-0.15, -0.1) is 11.3 Å². The number of halogens is 3. The molecule has 2 aromatic rings. The van der Waals surface area contributed by atoms with Gasteiger partial charge in [0.05, 0.1) is 22.4 Å². The van der Waals surface area contributed by atoms with Crippen LogP contribution in [-0.4, -0.2) is 16.2 Å². The van der Waals surface area contributed by atoms with E-state index in [4.69, 9.17) is 0 Å². The minimum absolute atomic E-state index is 0.315. The summed E-state index contributed by atoms with van der Waals surface area (Å²) in [7, 11) is 0. The number of aromatic nitrogens is 1. The van der Waals surface area contributed by atoms with Crippen molar-refractivity contribution < 1.29 is 18.3 Å². The first kappa shape index (κ1) is 16.0. The molecule has 0 aliphatic carbocycles. The van der Waals surface area contributed by atoms with Crippen molar-refractivity contribution in [3.63, 3.8) is 0 Å². The number of hydrogen-bond donors (Lipinski definition) is 1. The lowest BCUT2D eigenvalue weighted by molar-refractivity contribution is -0.137. The number of alkyl halides is 3. The molecule has 1 heterocycles. The van der Waals surface area contributed by atoms with Gasteiger partial charge in [-0.3, -0.25) is 0 Å². The van der Waals surface area contributed by atoms with Crippen LogP contribution in [0.15, 0.2) is 24.3 Å². The van der Waals surface area contributed by atoms with Crippen molar-refractivity contribution >= 4 is 11.3 Å². The van der Waals surface area contributed by atoms with Crippen molar-refractivity contribution in [3.05, 3.63) is 51.0 Å². The normalized spacial score (nSPS) is 13.4. The number of aliphatic hydroxyl groups is 1. The predicted molar refractivity (Wildman–Crippen MR) is 76.4 cm³/mol. The number of nitrogens with zero attached hydrogens (tertiary/aromatic N) is 1. The fourth-order valence-electron chi connectivity index (χ4n) is 2.00. The molecule has 0 aliphatic heterocycles. The Labute approximate surface area is 125 Å². The van der Waals surface area contributed by atoms with E-state index in [1.165, 1.54) is 23.5 Å². The molecule has 0 radical (unpaired) electrons. The standard InChI is InChI=1S/C15H16F3NOS/c1-9-10(2)21-14(19-9)8-13(20)7-11-3-5-12(6-4-11)15(16,17)18/h3-6,13,20H,7-8H2,1-2H3. The molecular formula is C15H16F3NOS. The second-order valence-corrected chi connectivity index (χ2v) is 6.29. The fourth-order valence-corrected chi connectivity index (χ4v) is 3.01. The maximum absolute atomic E-state index is 12.5. The summed E-state index contributed by atoms with van der Waals surface area (Å²) >= 11 is 1.54. The molecule has 0 fully saturated rings. The molecule has 21 heavy (non-hydrogen) atoms. The molecule has 0 amide bonds. The van der Waals surface area contributed by atoms with E-state index in [2.05, 4.69) is 4.98 Å². The van der Waals surface area contributed by atoms with Crippen LogP contribution in [0.1, 0.15) is 26.7 Å². The Morgan fingerprint density at radius 1 is 1.14 bits per heavy atom. The molecule has 0 saturated carbocycles. The van der Waals surface area contributed by atoms with Crippen molar-refractivity contribution in [3.8, 4) is 0 Å². The number of aryl methyl sites for hydroxylation is 2. The Hall–Kier alpha value is -1.40. The van der Waals surface area contributed by atoms with E-state index in [9.17, 15) is 18.3 Å². The molecule has 1 N–H and O–H groups in total. The second kappa shape index (κ2) is 6.15. The van der Waals surface area contributed by atoms with Gasteiger partial charge in [-0.2, -0.15) is 13.2 Å². The number of hydrogen-bond acceptors (Lipinski definition) is 3. The lowest BCUT2D eigenvalue weighted by Gasteiger charge is -2.10. The van der Waals surface area contributed by atoms with E-state index in [1.54, 1.807) is 0 Å². The highest BCUT2D eigenvalue weighted by Gasteiger charge is 2.29. The van der Waals surface area contributed by atoms with Gasteiger partial charge < -0.3 is 5.11 Å². The molecule has 0 aliphatic rings. The van der Waals surface area contributed by atoms with Gasteiger partial charge in [0, 0.05) is 11.3 Å². The molecule has 0 spiro atoms. The monoisotopic (exact) mass is 315 g/mol. The van der Waals surface area contributed by atoms with Gasteiger partial charge in [-0.05, 0) is 38.0 Å². The first-order valence-electron chi connectivity index (χ1n) is 6.53. The zero-order valence-corrected chi connectivity index (χ0v) is 12.6. The minimum Gasteiger partial charge on any atom is -0.392 e. The zero-order chi connectivity index (χ0) is 15.6. The van der Waals surface area contributed by atoms with Gasteiger partial charge in [-0.25, -0.2) is 4.98 Å². The van der Waals surface area contributed by atoms with E-state index in [-0.39, 0.29) is 0 Å². The van der Waals surface area contributed by atoms with Gasteiger partial charge in [0.1, 0.15) is 0 Å². The van der Waals surface area contributed by atoms with Crippen LogP contribution < -0.4 is 0 Å². The summed E-state index contributed by atoms with van der Waals surface area (Å²) in [6, 6.07) is 4.90. The number of thiazole rings is 1. The number of rotatable bonds is 4. The predicted octanol–water partition coefficient (Wildman–Crippen LogP) is 3.92. The molecule has 0 saturated heterocycles. The van der Waals surface area contributed by atoms with Gasteiger partial charge in [0.25, 0.3) is 0 Å². The van der Waals surface area contributed by atoms with Crippen LogP contribution in [0.3, 0.4) is 0 Å². The molecule has 1 aromatic carbocycles. The minimum atomic E-state index is -4.33. The third kappa shape index (κ3) is 4.28. The van der Waals surface area contributed by atoms with Crippen LogP contribution in [0.5, 0.6) is 0 Å². The third-order valence-electron chi connectivity index (χ3n) is 3.24. The van der Waals surface area contributed by atoms with Gasteiger partial charge >= 0.3 is 6.18 Å². The van der Waals surface area contributed by atoms with E-state index in [1.807, 2.05) is 13.8 Å². The Morgan fingerprint density at radius 3 is 2.24 bits per heavy atom. The average molecular weight is 315 g/mol. The van der Waals surface area contributed by atoms with Crippen LogP contribution in [0.25, 0.3) is 0 Å². The summed E-state index contributed by atoms with van der Waals surface area (Å²) in [6.07, 6.45) is -4.24. The molecule has 1 atom stereocenters. The summed E-state index contributed by atoms with van der Waals surface area (Å²) in [5, 5.41) is 10.9. The second-order valence-electron chi connectivity index (χ2n) is 5.01. The van der Waals surface area contributed by atoms with Gasteiger partial charge in [0.2, 0.25) is 0 Å². The fraction of sp³-hybridized carbons (Fsp3) is 0.400. The van der Waals surface area contributed by atoms with Crippen molar-refractivity contribution in [1.29, 1.82) is 0 Å². The largest absolute Gasteiger partial charge is 0.416 e. The summed E-state index contributed by atoms with van der Waals surface area (Å²) in [6.45, 7) is 3.89. The highest BCUT2D eigenvalue weighted by molar-refractivity contribution is 7.11. The summed E-state index contributed by atoms with van der Waals surface area (Å²) in [4.78, 5) is 5.47. The first-order chi connectivity index (χ1) is 9.75. The summed E-state index contributed by atoms with van der Waals surface area (Å²) < 4.78 is 37.4. The maximum Gasteiger partial charge on any atom is 0.416 e. The lowest BCUT2D eigenvalue weighted by Crippen LogP contribution is -2.14. The Bertz CT molecular complexity index is 585. The van der Waals surface area contributed by atoms with Crippen molar-refractivity contribution in [2.75, 3.05) is 0 Å². The van der Waals surface area contributed by atoms with Crippen LogP contribution >= 0.6 is 11.3 Å². The summed E-state index contributed by atoms with van der Waals surface area (Å²) in [5.74, 6) is 0. The van der Waals surface area contributed by atoms with Gasteiger partial charge in [0.15, 0.2) is 0 Å². The van der Waals surface area contributed by atoms with Crippen LogP contribution in [0.2, 0.25) is 0 Å². The molecule has 1 unspecified atom stereocenters. The van der Waals surface area contributed by atoms with Gasteiger partial charge in [-0.1, -0.05) is 12.1 Å². The maximum atomic E-state index is 12.5. The smallest absolute Gasteiger partial charge is 0.392 e. The SMILES string of the molecule is Cc1nc(CC(O)Cc2ccc(C(F)(F)F)cc2)sc1C. The van der Waals surface area contributed by atoms with E-state index >= 15 is 0 Å². The quantitative estimate of drug-likeness (QED) is 0.927. The number of aliphatic hydroxyl groups excluding tert-OH is 1. The van der Waals surface area contributed by atoms with Crippen LogP contribution in [-0.2, 0) is 19.0 Å². The molecule has 0 bridgehead atoms.